The molecule has 126 valence electrons. The molecule has 0 fully saturated rings. The number of amides is 2. The number of nitrogens with one attached hydrogen (secondary N) is 2. The Balaban J connectivity index is 1.83. The first kappa shape index (κ1) is 17.0. The van der Waals surface area contributed by atoms with Crippen LogP contribution < -0.4 is 10.6 Å². The first-order valence-corrected chi connectivity index (χ1v) is 8.54. The zero-order valence-corrected chi connectivity index (χ0v) is 14.4. The minimum atomic E-state index is -1.10. The van der Waals surface area contributed by atoms with Crippen molar-refractivity contribution < 1.29 is 14.7 Å². The van der Waals surface area contributed by atoms with Gasteiger partial charge in [0.25, 0.3) is 0 Å². The van der Waals surface area contributed by atoms with Crippen molar-refractivity contribution >= 4 is 45.6 Å². The lowest BCUT2D eigenvalue weighted by Crippen LogP contribution is -2.20. The fourth-order valence-corrected chi connectivity index (χ4v) is 3.37. The summed E-state index contributed by atoms with van der Waals surface area (Å²) in [6.45, 7) is 0. The Labute approximate surface area is 152 Å². The monoisotopic (exact) mass is 372 g/mol. The Morgan fingerprint density at radius 1 is 0.960 bits per heavy atom. The molecule has 25 heavy (non-hydrogen) atoms. The van der Waals surface area contributed by atoms with Gasteiger partial charge in [0.1, 0.15) is 10.6 Å². The summed E-state index contributed by atoms with van der Waals surface area (Å²) in [5, 5.41) is 17.3. The number of halogens is 1. The van der Waals surface area contributed by atoms with E-state index in [1.165, 1.54) is 11.3 Å². The molecule has 1 heterocycles. The molecule has 0 saturated heterocycles. The third-order valence-corrected chi connectivity index (χ3v) is 4.57. The molecule has 5 nitrogen and oxygen atoms in total. The van der Waals surface area contributed by atoms with Gasteiger partial charge in [0.2, 0.25) is 0 Å². The van der Waals surface area contributed by atoms with E-state index >= 15 is 0 Å². The summed E-state index contributed by atoms with van der Waals surface area (Å²) in [5.74, 6) is -1.10. The maximum absolute atomic E-state index is 12.1. The molecule has 0 aliphatic carbocycles. The molecular formula is C18H13ClN2O3S. The summed E-state index contributed by atoms with van der Waals surface area (Å²) in [4.78, 5) is 23.8. The van der Waals surface area contributed by atoms with Gasteiger partial charge < -0.3 is 10.4 Å². The highest BCUT2D eigenvalue weighted by atomic mass is 35.5. The number of carboxylic acid groups (broad SMARTS) is 1. The van der Waals surface area contributed by atoms with Gasteiger partial charge in [0, 0.05) is 21.7 Å². The highest BCUT2D eigenvalue weighted by Crippen LogP contribution is 2.35. The summed E-state index contributed by atoms with van der Waals surface area (Å²) in [7, 11) is 0. The number of urea groups is 1. The van der Waals surface area contributed by atoms with Crippen LogP contribution in [0.25, 0.3) is 11.1 Å². The zero-order valence-electron chi connectivity index (χ0n) is 12.8. The summed E-state index contributed by atoms with van der Waals surface area (Å²) in [5.41, 5.74) is 1.98. The van der Waals surface area contributed by atoms with Crippen LogP contribution in [0.5, 0.6) is 0 Å². The zero-order chi connectivity index (χ0) is 17.8. The Hall–Kier alpha value is -2.83. The van der Waals surface area contributed by atoms with Gasteiger partial charge in [-0.3, -0.25) is 5.32 Å². The number of aromatic carboxylic acids is 1. The van der Waals surface area contributed by atoms with Crippen molar-refractivity contribution in [2.45, 2.75) is 0 Å². The minimum Gasteiger partial charge on any atom is -0.478 e. The molecule has 2 amide bonds. The Morgan fingerprint density at radius 2 is 1.64 bits per heavy atom. The van der Waals surface area contributed by atoms with E-state index in [0.29, 0.717) is 16.3 Å². The van der Waals surface area contributed by atoms with Crippen LogP contribution in [-0.4, -0.2) is 17.1 Å². The van der Waals surface area contributed by atoms with Gasteiger partial charge in [-0.2, -0.15) is 0 Å². The summed E-state index contributed by atoms with van der Waals surface area (Å²) in [6, 6.07) is 15.3. The summed E-state index contributed by atoms with van der Waals surface area (Å²) >= 11 is 6.97. The molecule has 3 aromatic rings. The molecule has 0 spiro atoms. The lowest BCUT2D eigenvalue weighted by molar-refractivity contribution is 0.0699. The van der Waals surface area contributed by atoms with Gasteiger partial charge in [-0.25, -0.2) is 9.59 Å². The number of rotatable bonds is 4. The van der Waals surface area contributed by atoms with Crippen molar-refractivity contribution in [1.29, 1.82) is 0 Å². The van der Waals surface area contributed by atoms with Crippen LogP contribution >= 0.6 is 22.9 Å². The molecule has 0 saturated carbocycles. The molecule has 1 aromatic heterocycles. The SMILES string of the molecule is O=C(Nc1ccc(Cl)cc1)Nc1scc(-c2ccccc2)c1C(=O)O. The predicted octanol–water partition coefficient (Wildman–Crippen LogP) is 5.41. The van der Waals surface area contributed by atoms with Crippen LogP contribution in [0.1, 0.15) is 10.4 Å². The number of hydrogen-bond donors (Lipinski definition) is 3. The molecule has 7 heteroatoms. The molecule has 2 aromatic carbocycles. The Morgan fingerprint density at radius 3 is 2.28 bits per heavy atom. The second kappa shape index (κ2) is 7.38. The molecule has 3 N–H and O–H groups in total. The number of carbonyl (C=O) groups excluding carboxylic acids is 1. The molecule has 0 aliphatic rings. The van der Waals surface area contributed by atoms with E-state index in [1.807, 2.05) is 30.3 Å². The lowest BCUT2D eigenvalue weighted by Gasteiger charge is -2.08. The fraction of sp³-hybridized carbons (Fsp3) is 0. The summed E-state index contributed by atoms with van der Waals surface area (Å²) in [6.07, 6.45) is 0. The largest absolute Gasteiger partial charge is 0.478 e. The van der Waals surface area contributed by atoms with E-state index in [4.69, 9.17) is 11.6 Å². The van der Waals surface area contributed by atoms with Crippen molar-refractivity contribution in [2.24, 2.45) is 0 Å². The van der Waals surface area contributed by atoms with Crippen molar-refractivity contribution in [3.8, 4) is 11.1 Å². The maximum atomic E-state index is 12.1. The normalized spacial score (nSPS) is 10.3. The Bertz CT molecular complexity index is 908. The number of hydrogen-bond acceptors (Lipinski definition) is 3. The second-order valence-corrected chi connectivity index (χ2v) is 6.43. The van der Waals surface area contributed by atoms with Gasteiger partial charge in [0.15, 0.2) is 0 Å². The number of carbonyl (C=O) groups is 2. The standard InChI is InChI=1S/C18H13ClN2O3S/c19-12-6-8-13(9-7-12)20-18(24)21-16-15(17(22)23)14(10-25-16)11-4-2-1-3-5-11/h1-10H,(H,22,23)(H2,20,21,24). The van der Waals surface area contributed by atoms with Gasteiger partial charge >= 0.3 is 12.0 Å². The van der Waals surface area contributed by atoms with Gasteiger partial charge in [0.05, 0.1) is 0 Å². The first-order chi connectivity index (χ1) is 12.0. The van der Waals surface area contributed by atoms with Crippen molar-refractivity contribution in [2.75, 3.05) is 10.6 Å². The van der Waals surface area contributed by atoms with Crippen LogP contribution in [0.15, 0.2) is 60.0 Å². The number of thiophene rings is 1. The third-order valence-electron chi connectivity index (χ3n) is 3.42. The second-order valence-electron chi connectivity index (χ2n) is 5.11. The van der Waals surface area contributed by atoms with Crippen molar-refractivity contribution in [1.82, 2.24) is 0 Å². The van der Waals surface area contributed by atoms with E-state index in [9.17, 15) is 14.7 Å². The quantitative estimate of drug-likeness (QED) is 0.572. The molecule has 0 atom stereocenters. The number of carboxylic acids is 1. The lowest BCUT2D eigenvalue weighted by atomic mass is 10.0. The molecular weight excluding hydrogens is 360 g/mol. The van der Waals surface area contributed by atoms with Crippen LogP contribution in [0, 0.1) is 0 Å². The molecule has 0 radical (unpaired) electrons. The van der Waals surface area contributed by atoms with Gasteiger partial charge in [-0.1, -0.05) is 41.9 Å². The molecule has 0 aliphatic heterocycles. The average Bonchev–Trinajstić information content (AvgIpc) is 3.01. The minimum absolute atomic E-state index is 0.0717. The molecule has 0 bridgehead atoms. The molecule has 3 rings (SSSR count). The highest BCUT2D eigenvalue weighted by molar-refractivity contribution is 7.15. The molecule has 0 unspecified atom stereocenters. The van der Waals surface area contributed by atoms with Crippen LogP contribution in [0.4, 0.5) is 15.5 Å². The first-order valence-electron chi connectivity index (χ1n) is 7.28. The number of anilines is 2. The predicted molar refractivity (Wildman–Crippen MR) is 101 cm³/mol. The smallest absolute Gasteiger partial charge is 0.339 e. The van der Waals surface area contributed by atoms with E-state index in [2.05, 4.69) is 10.6 Å². The van der Waals surface area contributed by atoms with Crippen molar-refractivity contribution in [3.63, 3.8) is 0 Å². The fourth-order valence-electron chi connectivity index (χ4n) is 2.29. The van der Waals surface area contributed by atoms with Crippen LogP contribution in [-0.2, 0) is 0 Å². The average molecular weight is 373 g/mol. The summed E-state index contributed by atoms with van der Waals surface area (Å²) < 4.78 is 0. The van der Waals surface area contributed by atoms with E-state index < -0.39 is 12.0 Å². The third kappa shape index (κ3) is 3.99. The maximum Gasteiger partial charge on any atom is 0.339 e. The van der Waals surface area contributed by atoms with E-state index in [-0.39, 0.29) is 10.6 Å². The Kier molecular flexibility index (Phi) is 5.02. The van der Waals surface area contributed by atoms with Crippen molar-refractivity contribution in [3.05, 3.63) is 70.6 Å². The number of benzene rings is 2. The van der Waals surface area contributed by atoms with Gasteiger partial charge in [-0.15, -0.1) is 11.3 Å². The van der Waals surface area contributed by atoms with Crippen LogP contribution in [0.2, 0.25) is 5.02 Å². The van der Waals surface area contributed by atoms with E-state index in [1.54, 1.807) is 29.6 Å². The van der Waals surface area contributed by atoms with Crippen LogP contribution in [0.3, 0.4) is 0 Å². The highest BCUT2D eigenvalue weighted by Gasteiger charge is 2.21. The topological polar surface area (TPSA) is 78.4 Å². The van der Waals surface area contributed by atoms with E-state index in [0.717, 1.165) is 5.56 Å². The van der Waals surface area contributed by atoms with Gasteiger partial charge in [-0.05, 0) is 29.8 Å².